The molecule has 2 aromatic rings. The summed E-state index contributed by atoms with van der Waals surface area (Å²) in [6.07, 6.45) is 2.41. The number of nitrogens with one attached hydrogen (secondary N) is 1. The van der Waals surface area contributed by atoms with E-state index in [-0.39, 0.29) is 0 Å². The molecule has 0 aliphatic carbocycles. The molecule has 2 aromatic carbocycles. The lowest BCUT2D eigenvalue weighted by Gasteiger charge is -2.20. The van der Waals surface area contributed by atoms with Crippen molar-refractivity contribution in [3.05, 3.63) is 73.3 Å². The highest BCUT2D eigenvalue weighted by Gasteiger charge is 2.27. The molecule has 0 saturated heterocycles. The van der Waals surface area contributed by atoms with Crippen molar-refractivity contribution in [2.24, 2.45) is 0 Å². The third-order valence-corrected chi connectivity index (χ3v) is 4.10. The average molecular weight is 303 g/mol. The Morgan fingerprint density at radius 2 is 1.43 bits per heavy atom. The van der Waals surface area contributed by atoms with Crippen LogP contribution in [0, 0.1) is 0 Å². The van der Waals surface area contributed by atoms with E-state index >= 15 is 0 Å². The van der Waals surface area contributed by atoms with Crippen molar-refractivity contribution >= 4 is 7.75 Å². The van der Waals surface area contributed by atoms with Crippen LogP contribution in [0.4, 0.5) is 0 Å². The molecular formula is C16H18NO3P. The Kier molecular flexibility index (Phi) is 5.61. The van der Waals surface area contributed by atoms with Crippen molar-refractivity contribution in [1.82, 2.24) is 5.09 Å². The van der Waals surface area contributed by atoms with Gasteiger partial charge in [-0.25, -0.2) is 9.65 Å². The van der Waals surface area contributed by atoms with Crippen LogP contribution in [-0.4, -0.2) is 6.54 Å². The number of benzene rings is 2. The molecular weight excluding hydrogens is 285 g/mol. The molecule has 5 heteroatoms. The molecule has 0 bridgehead atoms. The van der Waals surface area contributed by atoms with Gasteiger partial charge in [-0.05, 0) is 30.7 Å². The fraction of sp³-hybridized carbons (Fsp3) is 0.125. The molecule has 0 saturated carbocycles. The lowest BCUT2D eigenvalue weighted by Crippen LogP contribution is -2.19. The minimum Gasteiger partial charge on any atom is -0.405 e. The second-order valence-corrected chi connectivity index (χ2v) is 5.97. The molecule has 0 spiro atoms. The monoisotopic (exact) mass is 303 g/mol. The normalized spacial score (nSPS) is 10.9. The summed E-state index contributed by atoms with van der Waals surface area (Å²) in [5.74, 6) is 0.978. The van der Waals surface area contributed by atoms with Gasteiger partial charge in [-0.15, -0.1) is 6.58 Å². The summed E-state index contributed by atoms with van der Waals surface area (Å²) in [4.78, 5) is 0. The van der Waals surface area contributed by atoms with E-state index in [0.29, 0.717) is 24.5 Å². The van der Waals surface area contributed by atoms with Gasteiger partial charge in [0.25, 0.3) is 0 Å². The third-order valence-electron chi connectivity index (χ3n) is 2.59. The van der Waals surface area contributed by atoms with Crippen molar-refractivity contribution in [3.8, 4) is 11.5 Å². The summed E-state index contributed by atoms with van der Waals surface area (Å²) in [7, 11) is -3.49. The van der Waals surface area contributed by atoms with Crippen LogP contribution in [-0.2, 0) is 4.57 Å². The van der Waals surface area contributed by atoms with Crippen molar-refractivity contribution in [2.45, 2.75) is 6.42 Å². The average Bonchev–Trinajstić information content (AvgIpc) is 2.49. The van der Waals surface area contributed by atoms with Gasteiger partial charge in [-0.1, -0.05) is 42.5 Å². The topological polar surface area (TPSA) is 47.6 Å². The van der Waals surface area contributed by atoms with E-state index < -0.39 is 7.75 Å². The van der Waals surface area contributed by atoms with Gasteiger partial charge in [-0.3, -0.25) is 0 Å². The highest BCUT2D eigenvalue weighted by atomic mass is 31.2. The van der Waals surface area contributed by atoms with E-state index in [1.165, 1.54) is 0 Å². The van der Waals surface area contributed by atoms with E-state index in [4.69, 9.17) is 9.05 Å². The Hall–Kier alpha value is -2.03. The second-order valence-electron chi connectivity index (χ2n) is 4.29. The molecule has 0 aromatic heterocycles. The number of hydrogen-bond donors (Lipinski definition) is 1. The molecule has 0 aliphatic heterocycles. The van der Waals surface area contributed by atoms with Crippen molar-refractivity contribution < 1.29 is 13.6 Å². The Morgan fingerprint density at radius 3 is 1.86 bits per heavy atom. The molecule has 110 valence electrons. The number of rotatable bonds is 8. The van der Waals surface area contributed by atoms with Gasteiger partial charge in [0.15, 0.2) is 0 Å². The Morgan fingerprint density at radius 1 is 0.952 bits per heavy atom. The summed E-state index contributed by atoms with van der Waals surface area (Å²) in [6, 6.07) is 17.9. The molecule has 1 N–H and O–H groups in total. The molecule has 0 fully saturated rings. The molecule has 2 rings (SSSR count). The molecule has 0 unspecified atom stereocenters. The zero-order chi connectivity index (χ0) is 15.0. The van der Waals surface area contributed by atoms with Gasteiger partial charge >= 0.3 is 7.75 Å². The van der Waals surface area contributed by atoms with Gasteiger partial charge in [0, 0.05) is 6.54 Å². The maximum absolute atomic E-state index is 12.8. The van der Waals surface area contributed by atoms with E-state index in [0.717, 1.165) is 0 Å². The summed E-state index contributed by atoms with van der Waals surface area (Å²) >= 11 is 0. The quantitative estimate of drug-likeness (QED) is 0.445. The summed E-state index contributed by atoms with van der Waals surface area (Å²) in [5, 5.41) is 2.83. The SMILES string of the molecule is C=CCCNP(=O)(Oc1ccccc1)Oc1ccccc1. The molecule has 4 nitrogen and oxygen atoms in total. The van der Waals surface area contributed by atoms with Crippen LogP contribution < -0.4 is 14.1 Å². The first-order chi connectivity index (χ1) is 10.2. The largest absolute Gasteiger partial charge is 0.512 e. The summed E-state index contributed by atoms with van der Waals surface area (Å²) in [5.41, 5.74) is 0. The van der Waals surface area contributed by atoms with Gasteiger partial charge < -0.3 is 9.05 Å². The van der Waals surface area contributed by atoms with Crippen LogP contribution in [0.1, 0.15) is 6.42 Å². The highest BCUT2D eigenvalue weighted by Crippen LogP contribution is 2.44. The zero-order valence-electron chi connectivity index (χ0n) is 11.6. The van der Waals surface area contributed by atoms with Gasteiger partial charge in [0.05, 0.1) is 0 Å². The van der Waals surface area contributed by atoms with Crippen LogP contribution in [0.25, 0.3) is 0 Å². The number of hydrogen-bond acceptors (Lipinski definition) is 3. The predicted octanol–water partition coefficient (Wildman–Crippen LogP) is 4.42. The van der Waals surface area contributed by atoms with E-state index in [1.54, 1.807) is 30.3 Å². The summed E-state index contributed by atoms with van der Waals surface area (Å²) in [6.45, 7) is 4.10. The first kappa shape index (κ1) is 15.4. The maximum atomic E-state index is 12.8. The standard InChI is InChI=1S/C16H18NO3P/c1-2-3-14-17-21(18,19-15-10-6-4-7-11-15)20-16-12-8-5-9-13-16/h2,4-13H,1,3,14H2,(H,17,18). The fourth-order valence-electron chi connectivity index (χ4n) is 1.63. The fourth-order valence-corrected chi connectivity index (χ4v) is 2.99. The van der Waals surface area contributed by atoms with Crippen LogP contribution in [0.5, 0.6) is 11.5 Å². The molecule has 0 amide bonds. The molecule has 0 radical (unpaired) electrons. The Labute approximate surface area is 125 Å². The van der Waals surface area contributed by atoms with Gasteiger partial charge in [-0.2, -0.15) is 0 Å². The van der Waals surface area contributed by atoms with Crippen LogP contribution in [0.15, 0.2) is 73.3 Å². The van der Waals surface area contributed by atoms with Crippen LogP contribution >= 0.6 is 7.75 Å². The van der Waals surface area contributed by atoms with Crippen molar-refractivity contribution in [1.29, 1.82) is 0 Å². The van der Waals surface area contributed by atoms with Crippen LogP contribution in [0.2, 0.25) is 0 Å². The smallest absolute Gasteiger partial charge is 0.405 e. The van der Waals surface area contributed by atoms with Gasteiger partial charge in [0.1, 0.15) is 11.5 Å². The minimum atomic E-state index is -3.49. The van der Waals surface area contributed by atoms with E-state index in [2.05, 4.69) is 11.7 Å². The highest BCUT2D eigenvalue weighted by molar-refractivity contribution is 7.52. The minimum absolute atomic E-state index is 0.459. The van der Waals surface area contributed by atoms with E-state index in [9.17, 15) is 4.57 Å². The molecule has 0 atom stereocenters. The molecule has 0 heterocycles. The maximum Gasteiger partial charge on any atom is 0.512 e. The second kappa shape index (κ2) is 7.67. The summed E-state index contributed by atoms with van der Waals surface area (Å²) < 4.78 is 23.9. The molecule has 21 heavy (non-hydrogen) atoms. The van der Waals surface area contributed by atoms with Crippen molar-refractivity contribution in [2.75, 3.05) is 6.54 Å². The number of para-hydroxylation sites is 2. The lowest BCUT2D eigenvalue weighted by molar-refractivity contribution is 0.371. The first-order valence-corrected chi connectivity index (χ1v) is 8.21. The molecule has 0 aliphatic rings. The Balaban J connectivity index is 2.13. The van der Waals surface area contributed by atoms with Crippen LogP contribution in [0.3, 0.4) is 0 Å². The zero-order valence-corrected chi connectivity index (χ0v) is 12.5. The van der Waals surface area contributed by atoms with E-state index in [1.807, 2.05) is 36.4 Å². The van der Waals surface area contributed by atoms with Gasteiger partial charge in [0.2, 0.25) is 0 Å². The lowest BCUT2D eigenvalue weighted by atomic mass is 10.3. The van der Waals surface area contributed by atoms with Crippen molar-refractivity contribution in [3.63, 3.8) is 0 Å². The Bertz CT molecular complexity index is 556. The first-order valence-electron chi connectivity index (χ1n) is 6.67. The third kappa shape index (κ3) is 5.10. The predicted molar refractivity (Wildman–Crippen MR) is 84.6 cm³/mol.